The maximum absolute atomic E-state index is 11.6. The lowest BCUT2D eigenvalue weighted by Crippen LogP contribution is -2.10. The fourth-order valence-electron chi connectivity index (χ4n) is 3.05. The second-order valence-corrected chi connectivity index (χ2v) is 7.23. The molecule has 3 aromatic carbocycles. The van der Waals surface area contributed by atoms with E-state index in [4.69, 9.17) is 15.9 Å². The molecule has 0 fully saturated rings. The van der Waals surface area contributed by atoms with Crippen molar-refractivity contribution in [2.45, 2.75) is 26.4 Å². The van der Waals surface area contributed by atoms with Gasteiger partial charge in [-0.05, 0) is 64.6 Å². The molecular weight excluding hydrogens is 364 g/mol. The van der Waals surface area contributed by atoms with Crippen molar-refractivity contribution in [3.63, 3.8) is 0 Å². The van der Waals surface area contributed by atoms with Gasteiger partial charge in [-0.25, -0.2) is 4.79 Å². The van der Waals surface area contributed by atoms with Crippen LogP contribution in [0.15, 0.2) is 66.7 Å². The number of ether oxygens (including phenoxy) is 1. The highest BCUT2D eigenvalue weighted by atomic mass is 16.5. The lowest BCUT2D eigenvalue weighted by molar-refractivity contribution is 0.0696. The minimum atomic E-state index is -1.00. The van der Waals surface area contributed by atoms with E-state index in [9.17, 15) is 9.90 Å². The summed E-state index contributed by atoms with van der Waals surface area (Å²) in [5.41, 5.74) is 9.87. The molecule has 0 bridgehead atoms. The predicted octanol–water partition coefficient (Wildman–Crippen LogP) is 5.04. The quantitative estimate of drug-likeness (QED) is 0.390. The van der Waals surface area contributed by atoms with Crippen molar-refractivity contribution in [3.05, 3.63) is 89.0 Å². The Kier molecular flexibility index (Phi) is 5.98. The smallest absolute Gasteiger partial charge is 0.335 e. The molecule has 3 aromatic rings. The Morgan fingerprint density at radius 3 is 2.31 bits per heavy atom. The van der Waals surface area contributed by atoms with Crippen molar-refractivity contribution in [1.29, 1.82) is 5.41 Å². The Hall–Kier alpha value is -3.60. The molecule has 4 N–H and O–H groups in total. The molecule has 0 heterocycles. The summed E-state index contributed by atoms with van der Waals surface area (Å²) in [6.07, 6.45) is 0. The SMILES string of the molecule is CC(C)c1ccc(OCc2cc(C(=O)O)cc(-c3cccc(C(=N)N)c3)c2)cc1. The normalized spacial score (nSPS) is 10.7. The second kappa shape index (κ2) is 8.61. The number of amidine groups is 1. The number of carboxylic acids is 1. The summed E-state index contributed by atoms with van der Waals surface area (Å²) >= 11 is 0. The van der Waals surface area contributed by atoms with Gasteiger partial charge < -0.3 is 15.6 Å². The first kappa shape index (κ1) is 20.1. The third-order valence-corrected chi connectivity index (χ3v) is 4.70. The predicted molar refractivity (Wildman–Crippen MR) is 115 cm³/mol. The zero-order valence-electron chi connectivity index (χ0n) is 16.5. The molecular formula is C24H24N2O3. The zero-order chi connectivity index (χ0) is 21.0. The number of hydrogen-bond donors (Lipinski definition) is 3. The standard InChI is InChI=1S/C24H24N2O3/c1-15(2)17-6-8-22(9-7-17)29-14-16-10-20(13-21(11-16)24(27)28)18-4-3-5-19(12-18)23(25)26/h3-13,15H,14H2,1-2H3,(H3,25,26)(H,27,28). The number of benzene rings is 3. The highest BCUT2D eigenvalue weighted by Crippen LogP contribution is 2.25. The van der Waals surface area contributed by atoms with Crippen molar-refractivity contribution in [2.24, 2.45) is 5.73 Å². The van der Waals surface area contributed by atoms with Crippen LogP contribution in [-0.2, 0) is 6.61 Å². The number of nitrogen functional groups attached to an aromatic ring is 1. The maximum Gasteiger partial charge on any atom is 0.335 e. The van der Waals surface area contributed by atoms with Crippen molar-refractivity contribution in [1.82, 2.24) is 0 Å². The number of carboxylic acid groups (broad SMARTS) is 1. The van der Waals surface area contributed by atoms with E-state index in [2.05, 4.69) is 13.8 Å². The van der Waals surface area contributed by atoms with E-state index in [1.54, 1.807) is 30.3 Å². The van der Waals surface area contributed by atoms with Crippen LogP contribution >= 0.6 is 0 Å². The Labute approximate surface area is 170 Å². The molecule has 5 heteroatoms. The van der Waals surface area contributed by atoms with Gasteiger partial charge in [-0.1, -0.05) is 44.2 Å². The van der Waals surface area contributed by atoms with Crippen LogP contribution in [0.2, 0.25) is 0 Å². The van der Waals surface area contributed by atoms with Gasteiger partial charge in [-0.3, -0.25) is 5.41 Å². The van der Waals surface area contributed by atoms with E-state index in [0.29, 0.717) is 11.5 Å². The molecule has 29 heavy (non-hydrogen) atoms. The van der Waals surface area contributed by atoms with E-state index >= 15 is 0 Å². The van der Waals surface area contributed by atoms with Gasteiger partial charge in [0.05, 0.1) is 5.56 Å². The van der Waals surface area contributed by atoms with Crippen molar-refractivity contribution >= 4 is 11.8 Å². The van der Waals surface area contributed by atoms with Gasteiger partial charge in [-0.2, -0.15) is 0 Å². The molecule has 0 saturated heterocycles. The van der Waals surface area contributed by atoms with Gasteiger partial charge in [0.1, 0.15) is 18.2 Å². The largest absolute Gasteiger partial charge is 0.489 e. The van der Waals surface area contributed by atoms with Crippen LogP contribution < -0.4 is 10.5 Å². The number of nitrogens with one attached hydrogen (secondary N) is 1. The highest BCUT2D eigenvalue weighted by molar-refractivity contribution is 5.96. The van der Waals surface area contributed by atoms with Gasteiger partial charge >= 0.3 is 5.97 Å². The molecule has 148 valence electrons. The average Bonchev–Trinajstić information content (AvgIpc) is 2.72. The molecule has 0 atom stereocenters. The van der Waals surface area contributed by atoms with E-state index < -0.39 is 5.97 Å². The molecule has 0 aliphatic heterocycles. The summed E-state index contributed by atoms with van der Waals surface area (Å²) in [7, 11) is 0. The topological polar surface area (TPSA) is 96.4 Å². The molecule has 0 aromatic heterocycles. The zero-order valence-corrected chi connectivity index (χ0v) is 16.5. The van der Waals surface area contributed by atoms with Gasteiger partial charge in [0.15, 0.2) is 0 Å². The molecule has 0 radical (unpaired) electrons. The van der Waals surface area contributed by atoms with Crippen LogP contribution in [0.3, 0.4) is 0 Å². The van der Waals surface area contributed by atoms with Crippen molar-refractivity contribution in [2.75, 3.05) is 0 Å². The molecule has 3 rings (SSSR count). The molecule has 0 amide bonds. The maximum atomic E-state index is 11.6. The number of rotatable bonds is 7. The lowest BCUT2D eigenvalue weighted by Gasteiger charge is -2.12. The van der Waals surface area contributed by atoms with E-state index in [1.807, 2.05) is 36.4 Å². The molecule has 0 aliphatic rings. The van der Waals surface area contributed by atoms with Crippen LogP contribution in [0.5, 0.6) is 5.75 Å². The monoisotopic (exact) mass is 388 g/mol. The summed E-state index contributed by atoms with van der Waals surface area (Å²) in [6.45, 7) is 4.52. The fraction of sp³-hybridized carbons (Fsp3) is 0.167. The van der Waals surface area contributed by atoms with Gasteiger partial charge in [0.25, 0.3) is 0 Å². The fourth-order valence-corrected chi connectivity index (χ4v) is 3.05. The molecule has 5 nitrogen and oxygen atoms in total. The van der Waals surface area contributed by atoms with Gasteiger partial charge in [-0.15, -0.1) is 0 Å². The first-order chi connectivity index (χ1) is 13.8. The number of hydrogen-bond acceptors (Lipinski definition) is 3. The first-order valence-corrected chi connectivity index (χ1v) is 9.38. The van der Waals surface area contributed by atoms with Crippen molar-refractivity contribution < 1.29 is 14.6 Å². The Morgan fingerprint density at radius 1 is 1.00 bits per heavy atom. The average molecular weight is 388 g/mol. The second-order valence-electron chi connectivity index (χ2n) is 7.23. The summed E-state index contributed by atoms with van der Waals surface area (Å²) in [6, 6.07) is 20.2. The molecule has 0 spiro atoms. The Balaban J connectivity index is 1.88. The Bertz CT molecular complexity index is 1040. The highest BCUT2D eigenvalue weighted by Gasteiger charge is 2.10. The van der Waals surface area contributed by atoms with Gasteiger partial charge in [0.2, 0.25) is 0 Å². The van der Waals surface area contributed by atoms with Crippen LogP contribution in [0, 0.1) is 5.41 Å². The first-order valence-electron chi connectivity index (χ1n) is 9.38. The van der Waals surface area contributed by atoms with Crippen LogP contribution in [0.4, 0.5) is 0 Å². The van der Waals surface area contributed by atoms with Gasteiger partial charge in [0, 0.05) is 5.56 Å². The Morgan fingerprint density at radius 2 is 1.69 bits per heavy atom. The van der Waals surface area contributed by atoms with Crippen LogP contribution in [0.1, 0.15) is 46.8 Å². The van der Waals surface area contributed by atoms with E-state index in [0.717, 1.165) is 22.4 Å². The number of carbonyl (C=O) groups is 1. The number of nitrogens with two attached hydrogens (primary N) is 1. The van der Waals surface area contributed by atoms with Crippen molar-refractivity contribution in [3.8, 4) is 16.9 Å². The summed E-state index contributed by atoms with van der Waals surface area (Å²) < 4.78 is 5.87. The van der Waals surface area contributed by atoms with Crippen LogP contribution in [-0.4, -0.2) is 16.9 Å². The summed E-state index contributed by atoms with van der Waals surface area (Å²) in [5.74, 6) is 0.145. The minimum Gasteiger partial charge on any atom is -0.489 e. The van der Waals surface area contributed by atoms with E-state index in [-0.39, 0.29) is 18.0 Å². The summed E-state index contributed by atoms with van der Waals surface area (Å²) in [5, 5.41) is 17.1. The number of aromatic carboxylic acids is 1. The third kappa shape index (κ3) is 5.02. The summed E-state index contributed by atoms with van der Waals surface area (Å²) in [4.78, 5) is 11.6. The molecule has 0 saturated carbocycles. The molecule has 0 aliphatic carbocycles. The third-order valence-electron chi connectivity index (χ3n) is 4.70. The minimum absolute atomic E-state index is 0.0327. The van der Waals surface area contributed by atoms with E-state index in [1.165, 1.54) is 5.56 Å². The molecule has 0 unspecified atom stereocenters. The van der Waals surface area contributed by atoms with Crippen LogP contribution in [0.25, 0.3) is 11.1 Å². The lowest BCUT2D eigenvalue weighted by atomic mass is 9.98.